The maximum atomic E-state index is 13.3. The smallest absolute Gasteiger partial charge is 0.255 e. The number of sulfonamides is 1. The first-order valence-corrected chi connectivity index (χ1v) is 12.4. The highest BCUT2D eigenvalue weighted by molar-refractivity contribution is 7.89. The molecule has 172 valence electrons. The Morgan fingerprint density at radius 3 is 2.12 bits per heavy atom. The van der Waals surface area contributed by atoms with E-state index in [9.17, 15) is 13.2 Å². The molecule has 0 heterocycles. The van der Waals surface area contributed by atoms with Crippen LogP contribution in [-0.4, -0.2) is 31.4 Å². The Bertz CT molecular complexity index is 1260. The van der Waals surface area contributed by atoms with Crippen LogP contribution in [-0.2, 0) is 21.4 Å². The van der Waals surface area contributed by atoms with Crippen molar-refractivity contribution in [2.45, 2.75) is 11.4 Å². The molecule has 0 aliphatic carbocycles. The molecule has 0 bridgehead atoms. The van der Waals surface area contributed by atoms with E-state index in [1.54, 1.807) is 42.5 Å². The topological polar surface area (TPSA) is 78.8 Å². The van der Waals surface area contributed by atoms with Gasteiger partial charge in [0.15, 0.2) is 0 Å². The molecule has 0 aliphatic rings. The average Bonchev–Trinajstić information content (AvgIpc) is 2.77. The van der Waals surface area contributed by atoms with Gasteiger partial charge >= 0.3 is 0 Å². The number of benzene rings is 3. The van der Waals surface area contributed by atoms with E-state index in [-0.39, 0.29) is 21.5 Å². The molecule has 0 atom stereocenters. The first kappa shape index (κ1) is 25.5. The van der Waals surface area contributed by atoms with Crippen molar-refractivity contribution in [1.82, 2.24) is 9.73 Å². The minimum absolute atomic E-state index is 0.0394. The van der Waals surface area contributed by atoms with E-state index in [0.717, 1.165) is 4.31 Å². The number of amides is 1. The molecular weight excluding hydrogens is 528 g/mol. The van der Waals surface area contributed by atoms with Crippen LogP contribution >= 0.6 is 46.4 Å². The number of hydrogen-bond acceptors (Lipinski definition) is 4. The number of hydrogen-bond donors (Lipinski definition) is 1. The SMILES string of the molecule is O=C(CN(Cc1c(Cl)cccc1Cl)S(=O)(=O)c1ccc(Cl)cc1)N/N=C\c1ccccc1Cl. The Morgan fingerprint density at radius 2 is 1.48 bits per heavy atom. The summed E-state index contributed by atoms with van der Waals surface area (Å²) in [4.78, 5) is 12.5. The third kappa shape index (κ3) is 6.69. The fourth-order valence-corrected chi connectivity index (χ4v) is 4.98. The molecule has 0 aliphatic heterocycles. The second-order valence-electron chi connectivity index (χ2n) is 6.74. The summed E-state index contributed by atoms with van der Waals surface area (Å²) in [6, 6.07) is 17.3. The molecule has 1 amide bonds. The second-order valence-corrected chi connectivity index (χ2v) is 10.3. The summed E-state index contributed by atoms with van der Waals surface area (Å²) < 4.78 is 27.6. The van der Waals surface area contributed by atoms with Crippen LogP contribution in [0.4, 0.5) is 0 Å². The number of hydrazone groups is 1. The van der Waals surface area contributed by atoms with Crippen LogP contribution in [0.2, 0.25) is 20.1 Å². The number of nitrogens with one attached hydrogen (secondary N) is 1. The van der Waals surface area contributed by atoms with Gasteiger partial charge in [0.1, 0.15) is 0 Å². The Morgan fingerprint density at radius 1 is 0.879 bits per heavy atom. The molecule has 11 heteroatoms. The molecule has 0 aromatic heterocycles. The van der Waals surface area contributed by atoms with Crippen molar-refractivity contribution in [2.75, 3.05) is 6.54 Å². The number of carbonyl (C=O) groups is 1. The molecule has 0 unspecified atom stereocenters. The number of halogens is 4. The summed E-state index contributed by atoms with van der Waals surface area (Å²) in [7, 11) is -4.10. The van der Waals surface area contributed by atoms with Crippen molar-refractivity contribution >= 4 is 68.5 Å². The summed E-state index contributed by atoms with van der Waals surface area (Å²) in [5, 5.41) is 5.24. The minimum Gasteiger partial charge on any atom is -0.272 e. The quantitative estimate of drug-likeness (QED) is 0.294. The average molecular weight is 545 g/mol. The van der Waals surface area contributed by atoms with E-state index in [2.05, 4.69) is 10.5 Å². The summed E-state index contributed by atoms with van der Waals surface area (Å²) in [6.07, 6.45) is 1.36. The molecule has 1 N–H and O–H groups in total. The highest BCUT2D eigenvalue weighted by Gasteiger charge is 2.28. The van der Waals surface area contributed by atoms with Gasteiger partial charge in [0.05, 0.1) is 17.7 Å². The maximum Gasteiger partial charge on any atom is 0.255 e. The van der Waals surface area contributed by atoms with Gasteiger partial charge in [-0.25, -0.2) is 13.8 Å². The largest absolute Gasteiger partial charge is 0.272 e. The lowest BCUT2D eigenvalue weighted by Crippen LogP contribution is -2.39. The number of rotatable bonds is 8. The summed E-state index contributed by atoms with van der Waals surface area (Å²) in [5.41, 5.74) is 3.27. The Balaban J connectivity index is 1.85. The second kappa shape index (κ2) is 11.3. The van der Waals surface area contributed by atoms with Gasteiger partial charge < -0.3 is 0 Å². The molecule has 3 rings (SSSR count). The van der Waals surface area contributed by atoms with E-state index in [4.69, 9.17) is 46.4 Å². The van der Waals surface area contributed by atoms with Gasteiger partial charge in [0, 0.05) is 37.8 Å². The zero-order valence-electron chi connectivity index (χ0n) is 16.9. The fourth-order valence-electron chi connectivity index (χ4n) is 2.79. The van der Waals surface area contributed by atoms with Gasteiger partial charge in [-0.15, -0.1) is 0 Å². The highest BCUT2D eigenvalue weighted by Crippen LogP contribution is 2.28. The molecule has 33 heavy (non-hydrogen) atoms. The van der Waals surface area contributed by atoms with Crippen LogP contribution in [0.15, 0.2) is 76.7 Å². The summed E-state index contributed by atoms with van der Waals surface area (Å²) in [5.74, 6) is -0.668. The zero-order valence-corrected chi connectivity index (χ0v) is 20.7. The standard InChI is InChI=1S/C22H17Cl4N3O3S/c23-16-8-10-17(11-9-16)33(31,32)29(13-18-20(25)6-3-7-21(18)26)14-22(30)28-27-12-15-4-1-2-5-19(15)24/h1-12H,13-14H2,(H,28,30)/b27-12-. The van der Waals surface area contributed by atoms with E-state index in [1.165, 1.54) is 30.5 Å². The van der Waals surface area contributed by atoms with Crippen LogP contribution < -0.4 is 5.43 Å². The minimum atomic E-state index is -4.10. The lowest BCUT2D eigenvalue weighted by Gasteiger charge is -2.22. The predicted molar refractivity (Wildman–Crippen MR) is 133 cm³/mol. The van der Waals surface area contributed by atoms with Crippen molar-refractivity contribution in [3.63, 3.8) is 0 Å². The van der Waals surface area contributed by atoms with E-state index in [0.29, 0.717) is 21.2 Å². The molecule has 0 saturated heterocycles. The van der Waals surface area contributed by atoms with Gasteiger partial charge in [-0.3, -0.25) is 4.79 Å². The molecule has 3 aromatic carbocycles. The summed E-state index contributed by atoms with van der Waals surface area (Å²) >= 11 is 24.4. The van der Waals surface area contributed by atoms with Gasteiger partial charge in [-0.05, 0) is 42.5 Å². The van der Waals surface area contributed by atoms with Crippen molar-refractivity contribution in [3.8, 4) is 0 Å². The predicted octanol–water partition coefficient (Wildman–Crippen LogP) is 5.64. The monoisotopic (exact) mass is 543 g/mol. The Labute approximate surface area is 211 Å². The lowest BCUT2D eigenvalue weighted by atomic mass is 10.2. The lowest BCUT2D eigenvalue weighted by molar-refractivity contribution is -0.121. The zero-order chi connectivity index (χ0) is 24.0. The fraction of sp³-hybridized carbons (Fsp3) is 0.0909. The van der Waals surface area contributed by atoms with Crippen LogP contribution in [0, 0.1) is 0 Å². The van der Waals surface area contributed by atoms with Crippen LogP contribution in [0.5, 0.6) is 0 Å². The summed E-state index contributed by atoms with van der Waals surface area (Å²) in [6.45, 7) is -0.766. The number of carbonyl (C=O) groups excluding carboxylic acids is 1. The first-order valence-electron chi connectivity index (χ1n) is 9.43. The first-order chi connectivity index (χ1) is 15.7. The van der Waals surface area contributed by atoms with Gasteiger partial charge in [-0.1, -0.05) is 70.7 Å². The van der Waals surface area contributed by atoms with E-state index >= 15 is 0 Å². The van der Waals surface area contributed by atoms with Crippen LogP contribution in [0.25, 0.3) is 0 Å². The van der Waals surface area contributed by atoms with Gasteiger partial charge in [0.25, 0.3) is 5.91 Å². The Kier molecular flexibility index (Phi) is 8.75. The van der Waals surface area contributed by atoms with Gasteiger partial charge in [0.2, 0.25) is 10.0 Å². The van der Waals surface area contributed by atoms with Crippen molar-refractivity contribution in [1.29, 1.82) is 0 Å². The molecular formula is C22H17Cl4N3O3S. The molecule has 6 nitrogen and oxygen atoms in total. The van der Waals surface area contributed by atoms with Crippen molar-refractivity contribution < 1.29 is 13.2 Å². The van der Waals surface area contributed by atoms with Gasteiger partial charge in [-0.2, -0.15) is 9.41 Å². The maximum absolute atomic E-state index is 13.3. The third-order valence-electron chi connectivity index (χ3n) is 4.47. The number of nitrogens with zero attached hydrogens (tertiary/aromatic N) is 2. The normalized spacial score (nSPS) is 11.8. The molecule has 0 radical (unpaired) electrons. The third-order valence-corrected chi connectivity index (χ3v) is 7.58. The molecule has 0 spiro atoms. The van der Waals surface area contributed by atoms with Crippen molar-refractivity contribution in [3.05, 3.63) is 97.9 Å². The molecule has 0 saturated carbocycles. The highest BCUT2D eigenvalue weighted by atomic mass is 35.5. The van der Waals surface area contributed by atoms with E-state index < -0.39 is 22.5 Å². The van der Waals surface area contributed by atoms with Crippen molar-refractivity contribution in [2.24, 2.45) is 5.10 Å². The van der Waals surface area contributed by atoms with E-state index in [1.807, 2.05) is 0 Å². The molecule has 0 fully saturated rings. The molecule has 3 aromatic rings. The van der Waals surface area contributed by atoms with Crippen LogP contribution in [0.3, 0.4) is 0 Å². The van der Waals surface area contributed by atoms with Crippen LogP contribution in [0.1, 0.15) is 11.1 Å². The Hall–Kier alpha value is -2.13.